The molecule has 0 aliphatic rings. The average molecular weight is 375 g/mol. The Bertz CT molecular complexity index is 664. The van der Waals surface area contributed by atoms with Gasteiger partial charge in [-0.25, -0.2) is 4.79 Å². The summed E-state index contributed by atoms with van der Waals surface area (Å²) in [6.45, 7) is 0. The van der Waals surface area contributed by atoms with Crippen LogP contribution >= 0.6 is 39.1 Å². The van der Waals surface area contributed by atoms with Crippen molar-refractivity contribution < 1.29 is 4.79 Å². The molecule has 0 radical (unpaired) electrons. The lowest BCUT2D eigenvalue weighted by atomic mass is 10.3. The lowest BCUT2D eigenvalue weighted by Crippen LogP contribution is -2.20. The maximum atomic E-state index is 11.9. The molecule has 0 atom stereocenters. The van der Waals surface area contributed by atoms with Crippen molar-refractivity contribution in [1.29, 1.82) is 0 Å². The van der Waals surface area contributed by atoms with Gasteiger partial charge in [-0.2, -0.15) is 0 Å². The third kappa shape index (κ3) is 3.79. The van der Waals surface area contributed by atoms with Gasteiger partial charge >= 0.3 is 6.03 Å². The SMILES string of the molecule is Nc1cc(Br)ccc1NC(=O)Nc1cc(Cl)ccc1Cl. The van der Waals surface area contributed by atoms with Gasteiger partial charge in [-0.15, -0.1) is 0 Å². The third-order valence-corrected chi connectivity index (χ3v) is 3.50. The van der Waals surface area contributed by atoms with Gasteiger partial charge in [0, 0.05) is 9.50 Å². The Hall–Kier alpha value is -1.43. The smallest absolute Gasteiger partial charge is 0.323 e. The van der Waals surface area contributed by atoms with Crippen LogP contribution in [-0.4, -0.2) is 6.03 Å². The second-order valence-electron chi connectivity index (χ2n) is 3.93. The minimum atomic E-state index is -0.455. The fourth-order valence-electron chi connectivity index (χ4n) is 1.52. The number of carbonyl (C=O) groups excluding carboxylic acids is 1. The summed E-state index contributed by atoms with van der Waals surface area (Å²) in [6.07, 6.45) is 0. The highest BCUT2D eigenvalue weighted by molar-refractivity contribution is 9.10. The van der Waals surface area contributed by atoms with Gasteiger partial charge in [-0.3, -0.25) is 0 Å². The molecule has 2 amide bonds. The molecule has 104 valence electrons. The molecule has 0 aromatic heterocycles. The van der Waals surface area contributed by atoms with Gasteiger partial charge in [0.1, 0.15) is 0 Å². The molecule has 0 aliphatic carbocycles. The zero-order valence-corrected chi connectivity index (χ0v) is 13.2. The predicted molar refractivity (Wildman–Crippen MR) is 87.7 cm³/mol. The molecular weight excluding hydrogens is 365 g/mol. The van der Waals surface area contributed by atoms with E-state index in [0.29, 0.717) is 27.1 Å². The molecule has 0 saturated heterocycles. The molecule has 0 spiro atoms. The molecule has 7 heteroatoms. The van der Waals surface area contributed by atoms with Crippen LogP contribution in [-0.2, 0) is 0 Å². The zero-order valence-electron chi connectivity index (χ0n) is 10.1. The van der Waals surface area contributed by atoms with Crippen molar-refractivity contribution in [2.75, 3.05) is 16.4 Å². The van der Waals surface area contributed by atoms with E-state index in [9.17, 15) is 4.79 Å². The van der Waals surface area contributed by atoms with E-state index in [1.807, 2.05) is 0 Å². The minimum absolute atomic E-state index is 0.397. The van der Waals surface area contributed by atoms with Crippen molar-refractivity contribution in [2.45, 2.75) is 0 Å². The quantitative estimate of drug-likeness (QED) is 0.648. The summed E-state index contributed by atoms with van der Waals surface area (Å²) in [5.41, 5.74) is 7.18. The molecule has 0 bridgehead atoms. The van der Waals surface area contributed by atoms with Gasteiger partial charge in [0.2, 0.25) is 0 Å². The van der Waals surface area contributed by atoms with Crippen LogP contribution in [0, 0.1) is 0 Å². The van der Waals surface area contributed by atoms with Crippen LogP contribution in [0.2, 0.25) is 10.0 Å². The first-order valence-corrected chi connectivity index (χ1v) is 7.08. The summed E-state index contributed by atoms with van der Waals surface area (Å²) < 4.78 is 0.832. The molecule has 0 saturated carbocycles. The summed E-state index contributed by atoms with van der Waals surface area (Å²) in [4.78, 5) is 11.9. The number of rotatable bonds is 2. The molecule has 2 aromatic rings. The van der Waals surface area contributed by atoms with Crippen molar-refractivity contribution in [3.05, 3.63) is 50.9 Å². The summed E-state index contributed by atoms with van der Waals surface area (Å²) in [7, 11) is 0. The molecule has 0 heterocycles. The maximum absolute atomic E-state index is 11.9. The Morgan fingerprint density at radius 2 is 1.75 bits per heavy atom. The topological polar surface area (TPSA) is 67.1 Å². The third-order valence-electron chi connectivity index (χ3n) is 2.44. The van der Waals surface area contributed by atoms with Gasteiger partial charge in [-0.1, -0.05) is 39.1 Å². The van der Waals surface area contributed by atoms with Crippen LogP contribution in [0.4, 0.5) is 21.9 Å². The summed E-state index contributed by atoms with van der Waals surface area (Å²) >= 11 is 15.1. The van der Waals surface area contributed by atoms with Crippen molar-refractivity contribution >= 4 is 62.2 Å². The Balaban J connectivity index is 2.11. The predicted octanol–water partition coefficient (Wildman–Crippen LogP) is 4.98. The molecule has 0 unspecified atom stereocenters. The average Bonchev–Trinajstić information content (AvgIpc) is 2.37. The van der Waals surface area contributed by atoms with Gasteiger partial charge in [0.05, 0.1) is 22.1 Å². The summed E-state index contributed by atoms with van der Waals surface area (Å²) in [5.74, 6) is 0. The highest BCUT2D eigenvalue weighted by atomic mass is 79.9. The van der Waals surface area contributed by atoms with E-state index in [1.165, 1.54) is 0 Å². The van der Waals surface area contributed by atoms with Crippen molar-refractivity contribution in [3.8, 4) is 0 Å². The highest BCUT2D eigenvalue weighted by Crippen LogP contribution is 2.26. The molecule has 0 fully saturated rings. The first-order valence-electron chi connectivity index (χ1n) is 5.54. The fraction of sp³-hybridized carbons (Fsp3) is 0. The highest BCUT2D eigenvalue weighted by Gasteiger charge is 2.08. The lowest BCUT2D eigenvalue weighted by Gasteiger charge is -2.11. The maximum Gasteiger partial charge on any atom is 0.323 e. The van der Waals surface area contributed by atoms with Crippen LogP contribution in [0.5, 0.6) is 0 Å². The van der Waals surface area contributed by atoms with E-state index in [1.54, 1.807) is 36.4 Å². The van der Waals surface area contributed by atoms with Gasteiger partial charge in [-0.05, 0) is 36.4 Å². The minimum Gasteiger partial charge on any atom is -0.397 e. The van der Waals surface area contributed by atoms with E-state index >= 15 is 0 Å². The van der Waals surface area contributed by atoms with E-state index < -0.39 is 6.03 Å². The number of nitrogens with one attached hydrogen (secondary N) is 2. The largest absolute Gasteiger partial charge is 0.397 e. The lowest BCUT2D eigenvalue weighted by molar-refractivity contribution is 0.262. The summed E-state index contributed by atoms with van der Waals surface area (Å²) in [6, 6.07) is 9.52. The molecule has 2 rings (SSSR count). The monoisotopic (exact) mass is 373 g/mol. The van der Waals surface area contributed by atoms with Crippen molar-refractivity contribution in [1.82, 2.24) is 0 Å². The van der Waals surface area contributed by atoms with Gasteiger partial charge < -0.3 is 16.4 Å². The second kappa shape index (κ2) is 6.35. The first kappa shape index (κ1) is 15.0. The summed E-state index contributed by atoms with van der Waals surface area (Å²) in [5, 5.41) is 6.12. The van der Waals surface area contributed by atoms with Gasteiger partial charge in [0.25, 0.3) is 0 Å². The van der Waals surface area contributed by atoms with Crippen molar-refractivity contribution in [2.24, 2.45) is 0 Å². The normalized spacial score (nSPS) is 10.2. The van der Waals surface area contributed by atoms with Crippen LogP contribution < -0.4 is 16.4 Å². The number of hydrogen-bond donors (Lipinski definition) is 3. The second-order valence-corrected chi connectivity index (χ2v) is 5.69. The van der Waals surface area contributed by atoms with E-state index in [4.69, 9.17) is 28.9 Å². The molecule has 4 nitrogen and oxygen atoms in total. The fourth-order valence-corrected chi connectivity index (χ4v) is 2.23. The number of nitrogen functional groups attached to an aromatic ring is 1. The molecule has 2 aromatic carbocycles. The van der Waals surface area contributed by atoms with Gasteiger partial charge in [0.15, 0.2) is 0 Å². The molecule has 0 aliphatic heterocycles. The van der Waals surface area contributed by atoms with Crippen molar-refractivity contribution in [3.63, 3.8) is 0 Å². The van der Waals surface area contributed by atoms with E-state index in [0.717, 1.165) is 4.47 Å². The molecule has 20 heavy (non-hydrogen) atoms. The van der Waals surface area contributed by atoms with E-state index in [2.05, 4.69) is 26.6 Å². The number of nitrogens with two attached hydrogens (primary N) is 1. The van der Waals surface area contributed by atoms with Crippen LogP contribution in [0.3, 0.4) is 0 Å². The number of benzene rings is 2. The number of hydrogen-bond acceptors (Lipinski definition) is 2. The Labute approximate surface area is 134 Å². The Morgan fingerprint density at radius 3 is 2.45 bits per heavy atom. The Morgan fingerprint density at radius 1 is 1.05 bits per heavy atom. The number of amides is 2. The van der Waals surface area contributed by atoms with E-state index in [-0.39, 0.29) is 0 Å². The van der Waals surface area contributed by atoms with Crippen LogP contribution in [0.1, 0.15) is 0 Å². The number of anilines is 3. The molecule has 4 N–H and O–H groups in total. The first-order chi connectivity index (χ1) is 9.45. The standard InChI is InChI=1S/C13H10BrCl2N3O/c14-7-1-4-11(10(17)5-7)18-13(20)19-12-6-8(15)2-3-9(12)16/h1-6H,17H2,(H2,18,19,20). The molecular formula is C13H10BrCl2N3O. The number of carbonyl (C=O) groups is 1. The zero-order chi connectivity index (χ0) is 14.7. The van der Waals surface area contributed by atoms with Crippen LogP contribution in [0.25, 0.3) is 0 Å². The van der Waals surface area contributed by atoms with Crippen LogP contribution in [0.15, 0.2) is 40.9 Å². The number of halogens is 3. The number of urea groups is 1. The Kier molecular flexibility index (Phi) is 4.75.